The van der Waals surface area contributed by atoms with E-state index < -0.39 is 6.10 Å². The first-order valence-corrected chi connectivity index (χ1v) is 10.4. The number of fused-ring (bicyclic) bond motifs is 2. The Morgan fingerprint density at radius 1 is 1.15 bits per heavy atom. The van der Waals surface area contributed by atoms with Crippen molar-refractivity contribution in [1.29, 1.82) is 0 Å². The van der Waals surface area contributed by atoms with Gasteiger partial charge in [-0.3, -0.25) is 4.79 Å². The monoisotopic (exact) mass is 384 g/mol. The summed E-state index contributed by atoms with van der Waals surface area (Å²) in [6.07, 6.45) is -0.486. The molecule has 144 valence electrons. The molecule has 0 bridgehead atoms. The summed E-state index contributed by atoms with van der Waals surface area (Å²) >= 11 is 1.66. The summed E-state index contributed by atoms with van der Waals surface area (Å²) in [5, 5.41) is 15.3. The topological polar surface area (TPSA) is 52.6 Å². The zero-order valence-corrected chi connectivity index (χ0v) is 17.3. The van der Waals surface area contributed by atoms with Crippen molar-refractivity contribution in [3.63, 3.8) is 0 Å². The van der Waals surface area contributed by atoms with Gasteiger partial charge in [0.1, 0.15) is 0 Å². The number of nitrogens with one attached hydrogen (secondary N) is 1. The van der Waals surface area contributed by atoms with Crippen molar-refractivity contribution in [2.45, 2.75) is 33.8 Å². The Kier molecular flexibility index (Phi) is 6.15. The van der Waals surface area contributed by atoms with Crippen LogP contribution in [-0.2, 0) is 0 Å². The van der Waals surface area contributed by atoms with Gasteiger partial charge in [-0.15, -0.1) is 11.3 Å². The molecule has 0 saturated carbocycles. The Bertz CT molecular complexity index is 1010. The minimum atomic E-state index is -0.486. The van der Waals surface area contributed by atoms with Crippen LogP contribution in [0, 0.1) is 13.8 Å². The molecule has 0 aliphatic heterocycles. The normalized spacial score (nSPS) is 12.8. The van der Waals surface area contributed by atoms with Gasteiger partial charge in [-0.25, -0.2) is 0 Å². The highest BCUT2D eigenvalue weighted by atomic mass is 32.1. The highest BCUT2D eigenvalue weighted by Crippen LogP contribution is 2.33. The van der Waals surface area contributed by atoms with Crippen molar-refractivity contribution in [1.82, 2.24) is 4.90 Å². The molecule has 0 spiro atoms. The number of nitrogens with zero attached hydrogens (tertiary/aromatic N) is 1. The molecule has 27 heavy (non-hydrogen) atoms. The Balaban J connectivity index is 2.02. The molecule has 1 heterocycles. The number of likely N-dealkylation sites (N-methyl/N-ethyl adjacent to an activating group) is 1. The van der Waals surface area contributed by atoms with Gasteiger partial charge in [0.05, 0.1) is 11.5 Å². The van der Waals surface area contributed by atoms with E-state index in [1.807, 2.05) is 31.2 Å². The molecule has 3 aromatic rings. The highest BCUT2D eigenvalue weighted by Gasteiger charge is 2.16. The Morgan fingerprint density at radius 2 is 1.85 bits per heavy atom. The highest BCUT2D eigenvalue weighted by molar-refractivity contribution is 7.24. The Morgan fingerprint density at radius 3 is 2.56 bits per heavy atom. The zero-order chi connectivity index (χ0) is 19.6. The SMILES string of the molecule is CCN(CC)CC(O)CNc1c(C)cc(C)c2sc3ccccc3c(=O)c12. The van der Waals surface area contributed by atoms with E-state index in [9.17, 15) is 9.90 Å². The first kappa shape index (κ1) is 19.8. The van der Waals surface area contributed by atoms with Crippen LogP contribution in [0.5, 0.6) is 0 Å². The molecule has 0 amide bonds. The zero-order valence-electron chi connectivity index (χ0n) is 16.5. The van der Waals surface area contributed by atoms with E-state index in [1.165, 1.54) is 0 Å². The smallest absolute Gasteiger partial charge is 0.197 e. The van der Waals surface area contributed by atoms with Gasteiger partial charge in [0.2, 0.25) is 0 Å². The van der Waals surface area contributed by atoms with Crippen LogP contribution in [0.2, 0.25) is 0 Å². The van der Waals surface area contributed by atoms with Crippen molar-refractivity contribution in [3.8, 4) is 0 Å². The number of rotatable bonds is 7. The van der Waals surface area contributed by atoms with Gasteiger partial charge in [-0.1, -0.05) is 32.0 Å². The fourth-order valence-corrected chi connectivity index (χ4v) is 4.75. The van der Waals surface area contributed by atoms with E-state index in [1.54, 1.807) is 11.3 Å². The van der Waals surface area contributed by atoms with Gasteiger partial charge in [-0.2, -0.15) is 0 Å². The molecule has 0 saturated heterocycles. The third kappa shape index (κ3) is 4.00. The lowest BCUT2D eigenvalue weighted by atomic mass is 10.0. The van der Waals surface area contributed by atoms with Gasteiger partial charge in [0, 0.05) is 33.6 Å². The standard InChI is InChI=1S/C22H28N2O2S/c1-5-24(6-2)13-16(25)12-23-20-14(3)11-15(4)22-19(20)21(26)17-9-7-8-10-18(17)27-22/h7-11,16,23,25H,5-6,12-13H2,1-4H3. The maximum atomic E-state index is 13.2. The van der Waals surface area contributed by atoms with Crippen LogP contribution in [-0.4, -0.2) is 42.3 Å². The lowest BCUT2D eigenvalue weighted by molar-refractivity contribution is 0.128. The van der Waals surface area contributed by atoms with Crippen LogP contribution in [0.15, 0.2) is 35.1 Å². The molecule has 1 atom stereocenters. The van der Waals surface area contributed by atoms with Crippen LogP contribution in [0.4, 0.5) is 5.69 Å². The molecule has 1 unspecified atom stereocenters. The predicted octanol–water partition coefficient (Wildman–Crippen LogP) is 4.15. The van der Waals surface area contributed by atoms with Crippen LogP contribution in [0.1, 0.15) is 25.0 Å². The fourth-order valence-electron chi connectivity index (χ4n) is 3.60. The van der Waals surface area contributed by atoms with Crippen molar-refractivity contribution in [2.75, 3.05) is 31.5 Å². The molecule has 0 aliphatic carbocycles. The van der Waals surface area contributed by atoms with Gasteiger partial charge in [-0.05, 0) is 50.2 Å². The summed E-state index contributed by atoms with van der Waals surface area (Å²) in [5.41, 5.74) is 3.06. The van der Waals surface area contributed by atoms with E-state index in [0.29, 0.717) is 13.1 Å². The number of aliphatic hydroxyl groups excluding tert-OH is 1. The molecule has 2 aromatic carbocycles. The predicted molar refractivity (Wildman–Crippen MR) is 117 cm³/mol. The molecule has 0 fully saturated rings. The number of aryl methyl sites for hydroxylation is 2. The van der Waals surface area contributed by atoms with Crippen LogP contribution in [0.25, 0.3) is 20.2 Å². The van der Waals surface area contributed by atoms with E-state index >= 15 is 0 Å². The third-order valence-electron chi connectivity index (χ3n) is 5.11. The minimum Gasteiger partial charge on any atom is -0.390 e. The number of hydrogen-bond donors (Lipinski definition) is 2. The third-order valence-corrected chi connectivity index (χ3v) is 6.42. The molecule has 3 rings (SSSR count). The van der Waals surface area contributed by atoms with Crippen LogP contribution < -0.4 is 10.7 Å². The summed E-state index contributed by atoms with van der Waals surface area (Å²) in [7, 11) is 0. The maximum Gasteiger partial charge on any atom is 0.197 e. The quantitative estimate of drug-likeness (QED) is 0.601. The molecular weight excluding hydrogens is 356 g/mol. The summed E-state index contributed by atoms with van der Waals surface area (Å²) in [5.74, 6) is 0. The van der Waals surface area contributed by atoms with E-state index in [4.69, 9.17) is 0 Å². The van der Waals surface area contributed by atoms with Crippen LogP contribution >= 0.6 is 11.3 Å². The average Bonchev–Trinajstić information content (AvgIpc) is 2.66. The van der Waals surface area contributed by atoms with Gasteiger partial charge in [0.15, 0.2) is 5.43 Å². The molecular formula is C22H28N2O2S. The minimum absolute atomic E-state index is 0.0619. The van der Waals surface area contributed by atoms with Gasteiger partial charge in [0.25, 0.3) is 0 Å². The summed E-state index contributed by atoms with van der Waals surface area (Å²) in [6.45, 7) is 11.1. The number of benzene rings is 2. The summed E-state index contributed by atoms with van der Waals surface area (Å²) in [6, 6.07) is 9.89. The molecule has 2 N–H and O–H groups in total. The lowest BCUT2D eigenvalue weighted by Gasteiger charge is -2.23. The van der Waals surface area contributed by atoms with Crippen LogP contribution in [0.3, 0.4) is 0 Å². The van der Waals surface area contributed by atoms with E-state index in [0.717, 1.165) is 50.1 Å². The van der Waals surface area contributed by atoms with Crippen molar-refractivity contribution in [2.24, 2.45) is 0 Å². The summed E-state index contributed by atoms with van der Waals surface area (Å²) in [4.78, 5) is 15.4. The second-order valence-corrected chi connectivity index (χ2v) is 8.09. The first-order valence-electron chi connectivity index (χ1n) is 9.56. The fraction of sp³-hybridized carbons (Fsp3) is 0.409. The summed E-state index contributed by atoms with van der Waals surface area (Å²) < 4.78 is 2.03. The van der Waals surface area contributed by atoms with Crippen molar-refractivity contribution < 1.29 is 5.11 Å². The van der Waals surface area contributed by atoms with Crippen molar-refractivity contribution >= 4 is 37.2 Å². The largest absolute Gasteiger partial charge is 0.390 e. The van der Waals surface area contributed by atoms with Crippen molar-refractivity contribution in [3.05, 3.63) is 51.7 Å². The average molecular weight is 385 g/mol. The number of hydrogen-bond acceptors (Lipinski definition) is 5. The lowest BCUT2D eigenvalue weighted by Crippen LogP contribution is -2.36. The van der Waals surface area contributed by atoms with Gasteiger partial charge >= 0.3 is 0 Å². The maximum absolute atomic E-state index is 13.2. The number of aliphatic hydroxyl groups is 1. The number of anilines is 1. The molecule has 0 radical (unpaired) electrons. The first-order chi connectivity index (χ1) is 13.0. The Hall–Kier alpha value is -1.95. The molecule has 5 heteroatoms. The molecule has 4 nitrogen and oxygen atoms in total. The Labute approximate surface area is 164 Å². The second-order valence-electron chi connectivity index (χ2n) is 7.04. The van der Waals surface area contributed by atoms with Gasteiger partial charge < -0.3 is 15.3 Å². The van der Waals surface area contributed by atoms with E-state index in [2.05, 4.69) is 37.1 Å². The van der Waals surface area contributed by atoms with E-state index in [-0.39, 0.29) is 5.43 Å². The molecule has 1 aromatic heterocycles. The molecule has 0 aliphatic rings. The second kappa shape index (κ2) is 8.38.